The second-order valence-electron chi connectivity index (χ2n) is 5.19. The lowest BCUT2D eigenvalue weighted by Crippen LogP contribution is -2.51. The molecule has 1 fully saturated rings. The molecule has 0 spiro atoms. The van der Waals surface area contributed by atoms with E-state index in [1.807, 2.05) is 6.92 Å². The highest BCUT2D eigenvalue weighted by Gasteiger charge is 2.44. The Bertz CT molecular complexity index is 550. The predicted octanol–water partition coefficient (Wildman–Crippen LogP) is 2.51. The summed E-state index contributed by atoms with van der Waals surface area (Å²) >= 11 is 0. The topological polar surface area (TPSA) is 48.0 Å². The lowest BCUT2D eigenvalue weighted by molar-refractivity contribution is -0.233. The number of benzene rings is 1. The molecule has 1 atom stereocenters. The van der Waals surface area contributed by atoms with Gasteiger partial charge in [0.05, 0.1) is 25.3 Å². The summed E-state index contributed by atoms with van der Waals surface area (Å²) in [6, 6.07) is 6.49. The predicted molar refractivity (Wildman–Crippen MR) is 80.1 cm³/mol. The number of carbonyl (C=O) groups excluding carboxylic acids is 1. The maximum absolute atomic E-state index is 12.8. The van der Waals surface area contributed by atoms with E-state index in [4.69, 9.17) is 14.2 Å². The molecule has 0 N–H and O–H groups in total. The molecule has 1 heterocycles. The molecule has 0 radical (unpaired) electrons. The van der Waals surface area contributed by atoms with Crippen molar-refractivity contribution < 1.29 is 32.2 Å². The molecular weight excluding hydrogens is 327 g/mol. The van der Waals surface area contributed by atoms with Crippen LogP contribution in [0.25, 0.3) is 0 Å². The van der Waals surface area contributed by atoms with Gasteiger partial charge in [0.15, 0.2) is 6.10 Å². The van der Waals surface area contributed by atoms with E-state index in [0.29, 0.717) is 19.0 Å². The van der Waals surface area contributed by atoms with Gasteiger partial charge in [-0.05, 0) is 19.1 Å². The van der Waals surface area contributed by atoms with E-state index in [9.17, 15) is 18.0 Å². The van der Waals surface area contributed by atoms with Gasteiger partial charge in [-0.15, -0.1) is 0 Å². The Morgan fingerprint density at radius 1 is 1.33 bits per heavy atom. The van der Waals surface area contributed by atoms with Crippen LogP contribution < -0.4 is 4.74 Å². The van der Waals surface area contributed by atoms with Crippen LogP contribution in [0.1, 0.15) is 17.3 Å². The van der Waals surface area contributed by atoms with Crippen LogP contribution in [0.5, 0.6) is 5.75 Å². The quantitative estimate of drug-likeness (QED) is 0.742. The molecule has 1 saturated heterocycles. The van der Waals surface area contributed by atoms with E-state index in [2.05, 4.69) is 0 Å². The van der Waals surface area contributed by atoms with Crippen LogP contribution in [0.15, 0.2) is 24.3 Å². The molecule has 5 nitrogen and oxygen atoms in total. The number of halogens is 3. The molecule has 24 heavy (non-hydrogen) atoms. The van der Waals surface area contributed by atoms with E-state index >= 15 is 0 Å². The molecule has 1 amide bonds. The third-order valence-corrected chi connectivity index (χ3v) is 3.53. The number of alkyl halides is 3. The van der Waals surface area contributed by atoms with Gasteiger partial charge in [0.1, 0.15) is 12.4 Å². The third kappa shape index (κ3) is 4.85. The minimum absolute atomic E-state index is 0.110. The van der Waals surface area contributed by atoms with Crippen molar-refractivity contribution >= 4 is 5.91 Å². The van der Waals surface area contributed by atoms with Gasteiger partial charge in [-0.1, -0.05) is 12.1 Å². The number of rotatable bonds is 6. The summed E-state index contributed by atoms with van der Waals surface area (Å²) in [7, 11) is 0. The molecule has 0 aromatic heterocycles. The van der Waals surface area contributed by atoms with Crippen LogP contribution in [0, 0.1) is 0 Å². The lowest BCUT2D eigenvalue weighted by atomic mass is 10.1. The average molecular weight is 347 g/mol. The maximum atomic E-state index is 12.8. The van der Waals surface area contributed by atoms with Gasteiger partial charge < -0.3 is 19.1 Å². The highest BCUT2D eigenvalue weighted by molar-refractivity contribution is 5.97. The van der Waals surface area contributed by atoms with E-state index in [1.165, 1.54) is 6.07 Å². The minimum atomic E-state index is -4.49. The first-order valence-electron chi connectivity index (χ1n) is 7.70. The van der Waals surface area contributed by atoms with Crippen molar-refractivity contribution in [1.29, 1.82) is 0 Å². The Hall–Kier alpha value is -1.80. The SMILES string of the molecule is CCOCCOc1ccccc1C(=O)N1CCO[C@H](C(F)(F)F)C1. The summed E-state index contributed by atoms with van der Waals surface area (Å²) in [5.41, 5.74) is 0.233. The first-order valence-corrected chi connectivity index (χ1v) is 7.70. The van der Waals surface area contributed by atoms with Gasteiger partial charge in [0.2, 0.25) is 0 Å². The fourth-order valence-electron chi connectivity index (χ4n) is 2.33. The number of morpholine rings is 1. The second kappa shape index (κ2) is 8.34. The summed E-state index contributed by atoms with van der Waals surface area (Å²) < 4.78 is 53.8. The van der Waals surface area contributed by atoms with Crippen molar-refractivity contribution in [3.63, 3.8) is 0 Å². The summed E-state index contributed by atoms with van der Waals surface area (Å²) in [6.45, 7) is 2.47. The number of para-hydroxylation sites is 1. The standard InChI is InChI=1S/C16H20F3NO4/c1-2-22-9-10-23-13-6-4-3-5-12(13)15(21)20-7-8-24-14(11-20)16(17,18)19/h3-6,14H,2,7-11H2,1H3/t14-/m0/s1. The van der Waals surface area contributed by atoms with Gasteiger partial charge in [-0.3, -0.25) is 4.79 Å². The normalized spacial score (nSPS) is 18.5. The monoisotopic (exact) mass is 347 g/mol. The molecule has 0 aliphatic carbocycles. The van der Waals surface area contributed by atoms with Crippen molar-refractivity contribution in [2.24, 2.45) is 0 Å². The maximum Gasteiger partial charge on any atom is 0.416 e. The number of nitrogens with zero attached hydrogens (tertiary/aromatic N) is 1. The van der Waals surface area contributed by atoms with Gasteiger partial charge in [0, 0.05) is 13.2 Å². The van der Waals surface area contributed by atoms with Crippen LogP contribution in [0.4, 0.5) is 13.2 Å². The first-order chi connectivity index (χ1) is 11.4. The van der Waals surface area contributed by atoms with Gasteiger partial charge in [0.25, 0.3) is 5.91 Å². The number of amides is 1. The fourth-order valence-corrected chi connectivity index (χ4v) is 2.33. The molecule has 1 aliphatic heterocycles. The van der Waals surface area contributed by atoms with E-state index in [0.717, 1.165) is 4.90 Å². The zero-order chi connectivity index (χ0) is 17.6. The molecule has 1 aromatic carbocycles. The fraction of sp³-hybridized carbons (Fsp3) is 0.562. The Labute approximate surface area is 138 Å². The first kappa shape index (κ1) is 18.5. The van der Waals surface area contributed by atoms with Gasteiger partial charge in [-0.2, -0.15) is 13.2 Å². The van der Waals surface area contributed by atoms with Gasteiger partial charge >= 0.3 is 6.18 Å². The summed E-state index contributed by atoms with van der Waals surface area (Å²) in [6.07, 6.45) is -6.45. The number of ether oxygens (including phenoxy) is 3. The highest BCUT2D eigenvalue weighted by Crippen LogP contribution is 2.27. The Kier molecular flexibility index (Phi) is 6.44. The van der Waals surface area contributed by atoms with Crippen molar-refractivity contribution in [2.45, 2.75) is 19.2 Å². The Morgan fingerprint density at radius 2 is 2.08 bits per heavy atom. The van der Waals surface area contributed by atoms with Crippen molar-refractivity contribution in [3.8, 4) is 5.75 Å². The van der Waals surface area contributed by atoms with E-state index in [1.54, 1.807) is 18.2 Å². The third-order valence-electron chi connectivity index (χ3n) is 3.53. The molecule has 0 unspecified atom stereocenters. The molecule has 0 saturated carbocycles. The van der Waals surface area contributed by atoms with E-state index in [-0.39, 0.29) is 25.3 Å². The smallest absolute Gasteiger partial charge is 0.416 e. The van der Waals surface area contributed by atoms with Crippen molar-refractivity contribution in [3.05, 3.63) is 29.8 Å². The Morgan fingerprint density at radius 3 is 2.79 bits per heavy atom. The lowest BCUT2D eigenvalue weighted by Gasteiger charge is -2.34. The number of hydrogen-bond acceptors (Lipinski definition) is 4. The minimum Gasteiger partial charge on any atom is -0.490 e. The number of hydrogen-bond donors (Lipinski definition) is 0. The molecule has 134 valence electrons. The zero-order valence-corrected chi connectivity index (χ0v) is 13.3. The van der Waals surface area contributed by atoms with Crippen LogP contribution in [-0.2, 0) is 9.47 Å². The molecule has 0 bridgehead atoms. The van der Waals surface area contributed by atoms with Gasteiger partial charge in [-0.25, -0.2) is 0 Å². The molecule has 1 aromatic rings. The van der Waals surface area contributed by atoms with Crippen LogP contribution in [0.3, 0.4) is 0 Å². The highest BCUT2D eigenvalue weighted by atomic mass is 19.4. The summed E-state index contributed by atoms with van der Waals surface area (Å²) in [4.78, 5) is 13.7. The summed E-state index contributed by atoms with van der Waals surface area (Å²) in [5, 5.41) is 0. The van der Waals surface area contributed by atoms with Crippen molar-refractivity contribution in [1.82, 2.24) is 4.90 Å². The zero-order valence-electron chi connectivity index (χ0n) is 13.3. The van der Waals surface area contributed by atoms with Crippen LogP contribution in [0.2, 0.25) is 0 Å². The molecule has 2 rings (SSSR count). The molecular formula is C16H20F3NO4. The number of carbonyl (C=O) groups is 1. The second-order valence-corrected chi connectivity index (χ2v) is 5.19. The summed E-state index contributed by atoms with van der Waals surface area (Å²) in [5.74, 6) is -0.170. The Balaban J connectivity index is 2.06. The van der Waals surface area contributed by atoms with E-state index < -0.39 is 24.7 Å². The van der Waals surface area contributed by atoms with Crippen LogP contribution in [-0.4, -0.2) is 62.6 Å². The molecule has 8 heteroatoms. The van der Waals surface area contributed by atoms with Crippen LogP contribution >= 0.6 is 0 Å². The molecule has 1 aliphatic rings. The van der Waals surface area contributed by atoms with Crippen molar-refractivity contribution in [2.75, 3.05) is 39.5 Å². The largest absolute Gasteiger partial charge is 0.490 e. The average Bonchev–Trinajstić information content (AvgIpc) is 2.58.